The first-order valence-corrected chi connectivity index (χ1v) is 8.13. The van der Waals surface area contributed by atoms with E-state index < -0.39 is 10.0 Å². The molecule has 2 heterocycles. The molecule has 6 heteroatoms. The fraction of sp³-hybridized carbons (Fsp3) is 0.0625. The standard InChI is InChI=1S/C16H11FN2O2S/c1-9-13-6-10(2-5-16(13)22(20,21)19-9)14-8-18-15-7-11(17)3-4-12(14)15/h2-8,18H,1H3. The highest BCUT2D eigenvalue weighted by Gasteiger charge is 2.26. The number of fused-ring (bicyclic) bond motifs is 2. The number of nitrogens with zero attached hydrogens (tertiary/aromatic N) is 1. The summed E-state index contributed by atoms with van der Waals surface area (Å²) in [6, 6.07) is 9.68. The van der Waals surface area contributed by atoms with E-state index in [0.717, 1.165) is 16.5 Å². The number of H-pyrrole nitrogens is 1. The minimum atomic E-state index is -3.56. The van der Waals surface area contributed by atoms with Crippen LogP contribution in [0.3, 0.4) is 0 Å². The molecule has 1 N–H and O–H groups in total. The van der Waals surface area contributed by atoms with Gasteiger partial charge in [0, 0.05) is 28.2 Å². The van der Waals surface area contributed by atoms with Gasteiger partial charge in [0.1, 0.15) is 5.82 Å². The van der Waals surface area contributed by atoms with Crippen molar-refractivity contribution in [2.45, 2.75) is 11.8 Å². The summed E-state index contributed by atoms with van der Waals surface area (Å²) in [5.41, 5.74) is 3.57. The highest BCUT2D eigenvalue weighted by molar-refractivity contribution is 7.90. The number of aromatic nitrogens is 1. The van der Waals surface area contributed by atoms with Crippen LogP contribution in [0.4, 0.5) is 4.39 Å². The Balaban J connectivity index is 1.94. The molecule has 0 atom stereocenters. The molecule has 0 amide bonds. The van der Waals surface area contributed by atoms with Gasteiger partial charge in [-0.15, -0.1) is 0 Å². The molecule has 0 radical (unpaired) electrons. The highest BCUT2D eigenvalue weighted by atomic mass is 32.2. The van der Waals surface area contributed by atoms with Crippen molar-refractivity contribution < 1.29 is 12.8 Å². The van der Waals surface area contributed by atoms with Gasteiger partial charge in [-0.2, -0.15) is 12.8 Å². The van der Waals surface area contributed by atoms with Crippen LogP contribution in [-0.4, -0.2) is 19.1 Å². The molecule has 4 nitrogen and oxygen atoms in total. The van der Waals surface area contributed by atoms with Crippen LogP contribution in [0, 0.1) is 5.82 Å². The molecule has 0 aliphatic carbocycles. The normalized spacial score (nSPS) is 15.8. The van der Waals surface area contributed by atoms with E-state index in [1.165, 1.54) is 12.1 Å². The van der Waals surface area contributed by atoms with Crippen molar-refractivity contribution in [3.63, 3.8) is 0 Å². The molecule has 1 aliphatic rings. The molecule has 0 saturated heterocycles. The molecule has 0 saturated carbocycles. The highest BCUT2D eigenvalue weighted by Crippen LogP contribution is 2.34. The molecule has 0 unspecified atom stereocenters. The lowest BCUT2D eigenvalue weighted by Gasteiger charge is -2.04. The first-order chi connectivity index (χ1) is 10.5. The molecule has 2 aromatic carbocycles. The maximum absolute atomic E-state index is 13.3. The number of aromatic amines is 1. The van der Waals surface area contributed by atoms with Crippen molar-refractivity contribution in [3.05, 3.63) is 54.0 Å². The van der Waals surface area contributed by atoms with E-state index in [2.05, 4.69) is 9.38 Å². The van der Waals surface area contributed by atoms with Crippen molar-refractivity contribution in [3.8, 4) is 11.1 Å². The molecule has 22 heavy (non-hydrogen) atoms. The van der Waals surface area contributed by atoms with Crippen LogP contribution >= 0.6 is 0 Å². The summed E-state index contributed by atoms with van der Waals surface area (Å²) in [6.07, 6.45) is 1.79. The maximum atomic E-state index is 13.3. The number of halogens is 1. The van der Waals surface area contributed by atoms with Gasteiger partial charge in [-0.1, -0.05) is 6.07 Å². The van der Waals surface area contributed by atoms with Crippen LogP contribution in [0.15, 0.2) is 51.9 Å². The summed E-state index contributed by atoms with van der Waals surface area (Å²) in [7, 11) is -3.56. The monoisotopic (exact) mass is 314 g/mol. The summed E-state index contributed by atoms with van der Waals surface area (Å²) < 4.78 is 40.7. The maximum Gasteiger partial charge on any atom is 0.283 e. The second-order valence-electron chi connectivity index (χ2n) is 5.25. The number of hydrogen-bond donors (Lipinski definition) is 1. The zero-order chi connectivity index (χ0) is 15.5. The lowest BCUT2D eigenvalue weighted by molar-refractivity contribution is 0.599. The van der Waals surface area contributed by atoms with E-state index in [4.69, 9.17) is 0 Å². The summed E-state index contributed by atoms with van der Waals surface area (Å²) in [6.45, 7) is 1.68. The van der Waals surface area contributed by atoms with Gasteiger partial charge in [0.05, 0.1) is 10.6 Å². The molecule has 1 aromatic heterocycles. The third-order valence-electron chi connectivity index (χ3n) is 3.86. The van der Waals surface area contributed by atoms with Crippen LogP contribution < -0.4 is 0 Å². The zero-order valence-corrected chi connectivity index (χ0v) is 12.4. The molecule has 110 valence electrons. The lowest BCUT2D eigenvalue weighted by Crippen LogP contribution is -1.94. The van der Waals surface area contributed by atoms with Crippen LogP contribution in [0.2, 0.25) is 0 Å². The van der Waals surface area contributed by atoms with Gasteiger partial charge in [0.2, 0.25) is 0 Å². The fourth-order valence-corrected chi connectivity index (χ4v) is 4.10. The largest absolute Gasteiger partial charge is 0.360 e. The van der Waals surface area contributed by atoms with Crippen molar-refractivity contribution in [1.29, 1.82) is 0 Å². The minimum absolute atomic E-state index is 0.236. The Morgan fingerprint density at radius 2 is 1.91 bits per heavy atom. The predicted octanol–water partition coefficient (Wildman–Crippen LogP) is 3.49. The summed E-state index contributed by atoms with van der Waals surface area (Å²) in [5.74, 6) is -0.302. The van der Waals surface area contributed by atoms with E-state index >= 15 is 0 Å². The van der Waals surface area contributed by atoms with Crippen LogP contribution in [0.5, 0.6) is 0 Å². The van der Waals surface area contributed by atoms with Crippen LogP contribution in [-0.2, 0) is 10.0 Å². The summed E-state index contributed by atoms with van der Waals surface area (Å²) in [4.78, 5) is 3.27. The van der Waals surface area contributed by atoms with E-state index in [1.54, 1.807) is 31.3 Å². The van der Waals surface area contributed by atoms with Crippen molar-refractivity contribution in [2.75, 3.05) is 0 Å². The lowest BCUT2D eigenvalue weighted by atomic mass is 10.0. The van der Waals surface area contributed by atoms with Crippen molar-refractivity contribution in [2.24, 2.45) is 4.40 Å². The van der Waals surface area contributed by atoms with E-state index in [0.29, 0.717) is 16.8 Å². The molecule has 4 rings (SSSR count). The van der Waals surface area contributed by atoms with Gasteiger partial charge in [-0.25, -0.2) is 4.39 Å². The first-order valence-electron chi connectivity index (χ1n) is 6.69. The third-order valence-corrected chi connectivity index (χ3v) is 5.29. The third kappa shape index (κ3) is 1.80. The summed E-state index contributed by atoms with van der Waals surface area (Å²) in [5, 5.41) is 0.886. The van der Waals surface area contributed by atoms with E-state index in [1.807, 2.05) is 6.07 Å². The Kier molecular flexibility index (Phi) is 2.56. The number of hydrogen-bond acceptors (Lipinski definition) is 2. The van der Waals surface area contributed by atoms with Crippen LogP contribution in [0.1, 0.15) is 12.5 Å². The zero-order valence-electron chi connectivity index (χ0n) is 11.6. The van der Waals surface area contributed by atoms with Crippen molar-refractivity contribution in [1.82, 2.24) is 4.98 Å². The van der Waals surface area contributed by atoms with Crippen molar-refractivity contribution >= 4 is 26.6 Å². The quantitative estimate of drug-likeness (QED) is 0.747. The number of nitrogens with one attached hydrogen (secondary N) is 1. The number of rotatable bonds is 1. The molecular weight excluding hydrogens is 303 g/mol. The number of benzene rings is 2. The molecule has 0 spiro atoms. The SMILES string of the molecule is CC1=NS(=O)(=O)c2ccc(-c3c[nH]c4cc(F)ccc34)cc21. The van der Waals surface area contributed by atoms with Crippen LogP contribution in [0.25, 0.3) is 22.0 Å². The topological polar surface area (TPSA) is 62.3 Å². The Morgan fingerprint density at radius 1 is 1.09 bits per heavy atom. The smallest absolute Gasteiger partial charge is 0.283 e. The average molecular weight is 314 g/mol. The second kappa shape index (κ2) is 4.27. The second-order valence-corrected chi connectivity index (χ2v) is 6.83. The van der Waals surface area contributed by atoms with Gasteiger partial charge in [0.15, 0.2) is 0 Å². The fourth-order valence-electron chi connectivity index (χ4n) is 2.82. The molecule has 0 bridgehead atoms. The molecule has 1 aliphatic heterocycles. The van der Waals surface area contributed by atoms with Gasteiger partial charge in [-0.3, -0.25) is 0 Å². The molecule has 3 aromatic rings. The van der Waals surface area contributed by atoms with Gasteiger partial charge in [-0.05, 0) is 42.8 Å². The molecule has 0 fully saturated rings. The van der Waals surface area contributed by atoms with Gasteiger partial charge >= 0.3 is 0 Å². The Morgan fingerprint density at radius 3 is 2.73 bits per heavy atom. The Hall–Kier alpha value is -2.47. The van der Waals surface area contributed by atoms with E-state index in [9.17, 15) is 12.8 Å². The number of sulfonamides is 1. The Bertz CT molecular complexity index is 1060. The van der Waals surface area contributed by atoms with Gasteiger partial charge in [0.25, 0.3) is 10.0 Å². The average Bonchev–Trinajstić information content (AvgIpc) is 2.97. The Labute approximate surface area is 126 Å². The first kappa shape index (κ1) is 13.2. The van der Waals surface area contributed by atoms with Gasteiger partial charge < -0.3 is 4.98 Å². The van der Waals surface area contributed by atoms with E-state index in [-0.39, 0.29) is 10.7 Å². The minimum Gasteiger partial charge on any atom is -0.360 e. The summed E-state index contributed by atoms with van der Waals surface area (Å²) >= 11 is 0. The predicted molar refractivity (Wildman–Crippen MR) is 83.1 cm³/mol. The molecular formula is C16H11FN2O2S.